The SMILES string of the molecule is CCC(CC)(C(=O)O)n1nnnc1-c1cc(F)ccc1F. The van der Waals surface area contributed by atoms with E-state index >= 15 is 0 Å². The lowest BCUT2D eigenvalue weighted by Gasteiger charge is -2.27. The van der Waals surface area contributed by atoms with Crippen molar-refractivity contribution in [2.24, 2.45) is 0 Å². The molecule has 0 aliphatic rings. The maximum Gasteiger partial charge on any atom is 0.331 e. The van der Waals surface area contributed by atoms with Crippen LogP contribution in [0.1, 0.15) is 26.7 Å². The molecular weight excluding hydrogens is 282 g/mol. The highest BCUT2D eigenvalue weighted by Crippen LogP contribution is 2.30. The van der Waals surface area contributed by atoms with Gasteiger partial charge in [-0.15, -0.1) is 5.10 Å². The first-order chi connectivity index (χ1) is 9.96. The number of carboxylic acids is 1. The molecule has 1 aromatic heterocycles. The third kappa shape index (κ3) is 2.37. The van der Waals surface area contributed by atoms with Gasteiger partial charge in [-0.1, -0.05) is 13.8 Å². The van der Waals surface area contributed by atoms with Crippen molar-refractivity contribution < 1.29 is 18.7 Å². The molecule has 21 heavy (non-hydrogen) atoms. The summed E-state index contributed by atoms with van der Waals surface area (Å²) in [7, 11) is 0. The summed E-state index contributed by atoms with van der Waals surface area (Å²) in [6, 6.07) is 2.86. The van der Waals surface area contributed by atoms with Gasteiger partial charge in [-0.3, -0.25) is 0 Å². The summed E-state index contributed by atoms with van der Waals surface area (Å²) >= 11 is 0. The summed E-state index contributed by atoms with van der Waals surface area (Å²) in [5.41, 5.74) is -1.58. The third-order valence-corrected chi connectivity index (χ3v) is 3.61. The van der Waals surface area contributed by atoms with Crippen LogP contribution in [0.25, 0.3) is 11.4 Å². The molecule has 2 rings (SSSR count). The summed E-state index contributed by atoms with van der Waals surface area (Å²) in [6.45, 7) is 3.34. The van der Waals surface area contributed by atoms with E-state index in [0.717, 1.165) is 22.9 Å². The van der Waals surface area contributed by atoms with E-state index in [9.17, 15) is 18.7 Å². The van der Waals surface area contributed by atoms with Crippen LogP contribution in [0.15, 0.2) is 18.2 Å². The Bertz CT molecular complexity index is 668. The summed E-state index contributed by atoms with van der Waals surface area (Å²) in [5.74, 6) is -2.62. The first-order valence-electron chi connectivity index (χ1n) is 6.44. The lowest BCUT2D eigenvalue weighted by Crippen LogP contribution is -2.42. The quantitative estimate of drug-likeness (QED) is 0.915. The van der Waals surface area contributed by atoms with Crippen molar-refractivity contribution in [1.29, 1.82) is 0 Å². The normalized spacial score (nSPS) is 11.6. The van der Waals surface area contributed by atoms with E-state index in [1.165, 1.54) is 0 Å². The molecule has 0 spiro atoms. The molecule has 0 radical (unpaired) electrons. The Morgan fingerprint density at radius 2 is 2.00 bits per heavy atom. The van der Waals surface area contributed by atoms with Crippen molar-refractivity contribution in [1.82, 2.24) is 20.2 Å². The van der Waals surface area contributed by atoms with Crippen LogP contribution in [0.2, 0.25) is 0 Å². The van der Waals surface area contributed by atoms with E-state index < -0.39 is 23.1 Å². The van der Waals surface area contributed by atoms with Crippen LogP contribution in [-0.2, 0) is 10.3 Å². The van der Waals surface area contributed by atoms with Crippen LogP contribution in [0.5, 0.6) is 0 Å². The predicted octanol–water partition coefficient (Wildman–Crippen LogP) is 2.22. The number of hydrogen-bond acceptors (Lipinski definition) is 4. The number of benzene rings is 1. The maximum absolute atomic E-state index is 13.9. The standard InChI is InChI=1S/C13H14F2N4O2/c1-3-13(4-2,12(20)21)19-11(16-17-18-19)9-7-8(14)5-6-10(9)15/h5-7H,3-4H2,1-2H3,(H,20,21). The second-order valence-electron chi connectivity index (χ2n) is 4.58. The number of carbonyl (C=O) groups is 1. The van der Waals surface area contributed by atoms with Gasteiger partial charge in [0.15, 0.2) is 11.4 Å². The topological polar surface area (TPSA) is 80.9 Å². The van der Waals surface area contributed by atoms with Crippen molar-refractivity contribution in [3.8, 4) is 11.4 Å². The molecule has 0 saturated carbocycles. The fraction of sp³-hybridized carbons (Fsp3) is 0.385. The Balaban J connectivity index is 2.67. The second kappa shape index (κ2) is 5.55. The molecule has 1 aromatic carbocycles. The number of aromatic nitrogens is 4. The Morgan fingerprint density at radius 3 is 2.57 bits per heavy atom. The molecular formula is C13H14F2N4O2. The molecule has 112 valence electrons. The van der Waals surface area contributed by atoms with Gasteiger partial charge in [-0.25, -0.2) is 18.3 Å². The van der Waals surface area contributed by atoms with Gasteiger partial charge in [0, 0.05) is 0 Å². The van der Waals surface area contributed by atoms with Gasteiger partial charge in [0.05, 0.1) is 5.56 Å². The number of hydrogen-bond donors (Lipinski definition) is 1. The summed E-state index contributed by atoms with van der Waals surface area (Å²) in [6.07, 6.45) is 0.404. The minimum absolute atomic E-state index is 0.113. The molecule has 2 aromatic rings. The van der Waals surface area contributed by atoms with E-state index in [1.54, 1.807) is 13.8 Å². The maximum atomic E-state index is 13.9. The number of aliphatic carboxylic acids is 1. The lowest BCUT2D eigenvalue weighted by atomic mass is 9.92. The van der Waals surface area contributed by atoms with E-state index in [2.05, 4.69) is 15.5 Å². The van der Waals surface area contributed by atoms with Gasteiger partial charge in [-0.2, -0.15) is 0 Å². The molecule has 0 aliphatic carbocycles. The predicted molar refractivity (Wildman–Crippen MR) is 69.4 cm³/mol. The monoisotopic (exact) mass is 296 g/mol. The zero-order chi connectivity index (χ0) is 15.6. The van der Waals surface area contributed by atoms with Crippen LogP contribution in [-0.4, -0.2) is 31.3 Å². The molecule has 0 atom stereocenters. The highest BCUT2D eigenvalue weighted by molar-refractivity contribution is 5.77. The number of nitrogens with zero attached hydrogens (tertiary/aromatic N) is 4. The number of rotatable bonds is 5. The van der Waals surface area contributed by atoms with E-state index in [-0.39, 0.29) is 24.2 Å². The summed E-state index contributed by atoms with van der Waals surface area (Å²) in [4.78, 5) is 11.6. The largest absolute Gasteiger partial charge is 0.479 e. The lowest BCUT2D eigenvalue weighted by molar-refractivity contribution is -0.148. The Morgan fingerprint density at radius 1 is 1.33 bits per heavy atom. The molecule has 0 unspecified atom stereocenters. The van der Waals surface area contributed by atoms with Gasteiger partial charge >= 0.3 is 5.97 Å². The zero-order valence-corrected chi connectivity index (χ0v) is 11.5. The Kier molecular flexibility index (Phi) is 3.97. The smallest absolute Gasteiger partial charge is 0.331 e. The van der Waals surface area contributed by atoms with Crippen LogP contribution in [0.4, 0.5) is 8.78 Å². The Hall–Kier alpha value is -2.38. The fourth-order valence-corrected chi connectivity index (χ4v) is 2.25. The van der Waals surface area contributed by atoms with Gasteiger partial charge < -0.3 is 5.11 Å². The molecule has 0 aliphatic heterocycles. The number of halogens is 2. The van der Waals surface area contributed by atoms with Crippen LogP contribution >= 0.6 is 0 Å². The molecule has 0 saturated heterocycles. The van der Waals surface area contributed by atoms with Gasteiger partial charge in [0.2, 0.25) is 0 Å². The molecule has 0 amide bonds. The van der Waals surface area contributed by atoms with Crippen LogP contribution in [0.3, 0.4) is 0 Å². The van der Waals surface area contributed by atoms with Gasteiger partial charge in [0.25, 0.3) is 0 Å². The summed E-state index contributed by atoms with van der Waals surface area (Å²) < 4.78 is 28.3. The second-order valence-corrected chi connectivity index (χ2v) is 4.58. The molecule has 1 heterocycles. The summed E-state index contributed by atoms with van der Waals surface area (Å²) in [5, 5.41) is 20.3. The minimum atomic E-state index is -1.41. The van der Waals surface area contributed by atoms with Crippen molar-refractivity contribution >= 4 is 5.97 Å². The molecule has 0 bridgehead atoms. The zero-order valence-electron chi connectivity index (χ0n) is 11.5. The Labute approximate surface area is 119 Å². The van der Waals surface area contributed by atoms with Crippen molar-refractivity contribution in [2.75, 3.05) is 0 Å². The first-order valence-corrected chi connectivity index (χ1v) is 6.44. The van der Waals surface area contributed by atoms with Gasteiger partial charge in [0.1, 0.15) is 11.6 Å². The highest BCUT2D eigenvalue weighted by Gasteiger charge is 2.41. The molecule has 0 fully saturated rings. The van der Waals surface area contributed by atoms with Crippen LogP contribution < -0.4 is 0 Å². The molecule has 8 heteroatoms. The minimum Gasteiger partial charge on any atom is -0.479 e. The fourth-order valence-electron chi connectivity index (χ4n) is 2.25. The molecule has 1 N–H and O–H groups in total. The first kappa shape index (κ1) is 15.0. The van der Waals surface area contributed by atoms with Crippen LogP contribution in [0, 0.1) is 11.6 Å². The van der Waals surface area contributed by atoms with Crippen molar-refractivity contribution in [3.05, 3.63) is 29.8 Å². The molecule has 6 nitrogen and oxygen atoms in total. The van der Waals surface area contributed by atoms with Crippen molar-refractivity contribution in [2.45, 2.75) is 32.2 Å². The number of tetrazole rings is 1. The highest BCUT2D eigenvalue weighted by atomic mass is 19.1. The van der Waals surface area contributed by atoms with E-state index in [1.807, 2.05) is 0 Å². The number of carboxylic acid groups (broad SMARTS) is 1. The average molecular weight is 296 g/mol. The average Bonchev–Trinajstić information content (AvgIpc) is 2.93. The van der Waals surface area contributed by atoms with E-state index in [4.69, 9.17) is 0 Å². The van der Waals surface area contributed by atoms with E-state index in [0.29, 0.717) is 0 Å². The van der Waals surface area contributed by atoms with Crippen molar-refractivity contribution in [3.63, 3.8) is 0 Å². The van der Waals surface area contributed by atoms with Gasteiger partial charge in [-0.05, 0) is 41.5 Å². The third-order valence-electron chi connectivity index (χ3n) is 3.61.